The molecule has 0 radical (unpaired) electrons. The summed E-state index contributed by atoms with van der Waals surface area (Å²) in [4.78, 5) is 10.7. The number of fused-ring (bicyclic) bond motifs is 1. The molecule has 0 saturated carbocycles. The maximum atomic E-state index is 4.84. The van der Waals surface area contributed by atoms with E-state index in [9.17, 15) is 0 Å². The Labute approximate surface area is 156 Å². The van der Waals surface area contributed by atoms with Crippen LogP contribution in [0.4, 0.5) is 11.8 Å². The molecule has 26 heavy (non-hydrogen) atoms. The molecular weight excluding hydrogens is 344 g/mol. The Morgan fingerprint density at radius 3 is 2.81 bits per heavy atom. The topological polar surface area (TPSA) is 70.9 Å². The monoisotopic (exact) mass is 364 g/mol. The first-order valence-corrected chi connectivity index (χ1v) is 9.50. The minimum absolute atomic E-state index is 0.693. The smallest absolute Gasteiger partial charge is 0.215 e. The van der Waals surface area contributed by atoms with Crippen LogP contribution >= 0.6 is 11.8 Å². The van der Waals surface area contributed by atoms with Crippen molar-refractivity contribution in [3.8, 4) is 11.3 Å². The van der Waals surface area contributed by atoms with Crippen molar-refractivity contribution in [3.63, 3.8) is 0 Å². The number of benzene rings is 1. The SMILES string of the molecule is CCSc1cccc(-c2cc3nc(C)cn3c(Nc3cc(C)[nH]n3)n2)c1. The fourth-order valence-corrected chi connectivity index (χ4v) is 3.57. The third-order valence-corrected chi connectivity index (χ3v) is 4.84. The lowest BCUT2D eigenvalue weighted by molar-refractivity contribution is 1.03. The van der Waals surface area contributed by atoms with Crippen LogP contribution < -0.4 is 5.32 Å². The first-order valence-electron chi connectivity index (χ1n) is 8.51. The average Bonchev–Trinajstić information content (AvgIpc) is 3.20. The molecule has 3 heterocycles. The van der Waals surface area contributed by atoms with Gasteiger partial charge >= 0.3 is 0 Å². The summed E-state index contributed by atoms with van der Waals surface area (Å²) in [6.07, 6.45) is 1.97. The second-order valence-corrected chi connectivity index (χ2v) is 7.43. The van der Waals surface area contributed by atoms with Gasteiger partial charge in [-0.15, -0.1) is 11.8 Å². The molecule has 0 aliphatic heterocycles. The van der Waals surface area contributed by atoms with Crippen LogP contribution in [0.5, 0.6) is 0 Å². The van der Waals surface area contributed by atoms with E-state index in [2.05, 4.69) is 51.7 Å². The summed E-state index contributed by atoms with van der Waals surface area (Å²) in [6.45, 7) is 6.10. The molecule has 4 aromatic rings. The highest BCUT2D eigenvalue weighted by Crippen LogP contribution is 2.27. The normalized spacial score (nSPS) is 11.2. The molecule has 2 N–H and O–H groups in total. The van der Waals surface area contributed by atoms with E-state index in [1.54, 1.807) is 0 Å². The second kappa shape index (κ2) is 6.84. The molecular formula is C19H20N6S. The number of thioether (sulfide) groups is 1. The lowest BCUT2D eigenvalue weighted by Crippen LogP contribution is -2.02. The summed E-state index contributed by atoms with van der Waals surface area (Å²) in [5, 5.41) is 10.5. The van der Waals surface area contributed by atoms with Crippen LogP contribution in [0.25, 0.3) is 16.9 Å². The number of hydrogen-bond acceptors (Lipinski definition) is 5. The van der Waals surface area contributed by atoms with Gasteiger partial charge in [-0.3, -0.25) is 9.50 Å². The first kappa shape index (κ1) is 16.7. The van der Waals surface area contributed by atoms with E-state index in [1.165, 1.54) is 4.90 Å². The van der Waals surface area contributed by atoms with Gasteiger partial charge in [-0.2, -0.15) is 5.10 Å². The van der Waals surface area contributed by atoms with Gasteiger partial charge in [0.2, 0.25) is 5.95 Å². The highest BCUT2D eigenvalue weighted by molar-refractivity contribution is 7.99. The molecule has 0 unspecified atom stereocenters. The lowest BCUT2D eigenvalue weighted by atomic mass is 10.1. The number of anilines is 2. The Bertz CT molecular complexity index is 1070. The number of rotatable bonds is 5. The molecule has 0 amide bonds. The first-order chi connectivity index (χ1) is 12.6. The van der Waals surface area contributed by atoms with Gasteiger partial charge in [0.15, 0.2) is 5.82 Å². The molecule has 0 saturated heterocycles. The van der Waals surface area contributed by atoms with Crippen LogP contribution in [-0.4, -0.2) is 30.3 Å². The maximum absolute atomic E-state index is 4.84. The summed E-state index contributed by atoms with van der Waals surface area (Å²) in [7, 11) is 0. The summed E-state index contributed by atoms with van der Waals surface area (Å²) < 4.78 is 1.95. The van der Waals surface area contributed by atoms with Crippen LogP contribution in [0, 0.1) is 13.8 Å². The largest absolute Gasteiger partial charge is 0.308 e. The van der Waals surface area contributed by atoms with E-state index < -0.39 is 0 Å². The lowest BCUT2D eigenvalue weighted by Gasteiger charge is -2.09. The van der Waals surface area contributed by atoms with Crippen molar-refractivity contribution in [3.05, 3.63) is 54.0 Å². The van der Waals surface area contributed by atoms with Crippen LogP contribution in [0.15, 0.2) is 47.5 Å². The average molecular weight is 364 g/mol. The van der Waals surface area contributed by atoms with Crippen LogP contribution in [0.1, 0.15) is 18.3 Å². The molecule has 0 fully saturated rings. The molecule has 1 aromatic carbocycles. The summed E-state index contributed by atoms with van der Waals surface area (Å²) in [5.74, 6) is 2.47. The Kier molecular flexibility index (Phi) is 4.38. The molecule has 132 valence electrons. The number of H-pyrrole nitrogens is 1. The highest BCUT2D eigenvalue weighted by Gasteiger charge is 2.11. The predicted octanol–water partition coefficient (Wildman–Crippen LogP) is 4.59. The van der Waals surface area contributed by atoms with Gasteiger partial charge in [0.05, 0.1) is 11.4 Å². The Hall–Kier alpha value is -2.80. The number of aromatic nitrogens is 5. The predicted molar refractivity (Wildman–Crippen MR) is 106 cm³/mol. The zero-order chi connectivity index (χ0) is 18.1. The van der Waals surface area contributed by atoms with Gasteiger partial charge in [-0.1, -0.05) is 19.1 Å². The number of nitrogens with zero attached hydrogens (tertiary/aromatic N) is 4. The van der Waals surface area contributed by atoms with Gasteiger partial charge in [-0.05, 0) is 31.7 Å². The maximum Gasteiger partial charge on any atom is 0.215 e. The molecule has 0 atom stereocenters. The van der Waals surface area contributed by atoms with Crippen molar-refractivity contribution < 1.29 is 0 Å². The van der Waals surface area contributed by atoms with E-state index >= 15 is 0 Å². The van der Waals surface area contributed by atoms with Gasteiger partial charge in [0.25, 0.3) is 0 Å². The number of hydrogen-bond donors (Lipinski definition) is 2. The summed E-state index contributed by atoms with van der Waals surface area (Å²) in [5.41, 5.74) is 4.76. The molecule has 0 bridgehead atoms. The van der Waals surface area contributed by atoms with E-state index in [-0.39, 0.29) is 0 Å². The van der Waals surface area contributed by atoms with Gasteiger partial charge in [0.1, 0.15) is 5.65 Å². The molecule has 0 aliphatic carbocycles. The van der Waals surface area contributed by atoms with Crippen molar-refractivity contribution in [1.82, 2.24) is 24.6 Å². The van der Waals surface area contributed by atoms with Crippen LogP contribution in [0.2, 0.25) is 0 Å². The second-order valence-electron chi connectivity index (χ2n) is 6.10. The van der Waals surface area contributed by atoms with Crippen molar-refractivity contribution in [2.75, 3.05) is 11.1 Å². The summed E-state index contributed by atoms with van der Waals surface area (Å²) >= 11 is 1.82. The van der Waals surface area contributed by atoms with Gasteiger partial charge in [-0.25, -0.2) is 9.97 Å². The third-order valence-electron chi connectivity index (χ3n) is 3.96. The highest BCUT2D eigenvalue weighted by atomic mass is 32.2. The van der Waals surface area contributed by atoms with E-state index in [1.807, 2.05) is 48.3 Å². The Morgan fingerprint density at radius 1 is 1.15 bits per heavy atom. The molecule has 0 spiro atoms. The number of nitrogens with one attached hydrogen (secondary N) is 2. The fourth-order valence-electron chi connectivity index (χ4n) is 2.85. The minimum Gasteiger partial charge on any atom is -0.308 e. The zero-order valence-electron chi connectivity index (χ0n) is 14.9. The van der Waals surface area contributed by atoms with E-state index in [0.29, 0.717) is 5.95 Å². The van der Waals surface area contributed by atoms with Crippen molar-refractivity contribution in [2.24, 2.45) is 0 Å². The number of aryl methyl sites for hydroxylation is 2. The van der Waals surface area contributed by atoms with Gasteiger partial charge in [0, 0.05) is 34.5 Å². The minimum atomic E-state index is 0.693. The van der Waals surface area contributed by atoms with Crippen LogP contribution in [0.3, 0.4) is 0 Å². The molecule has 4 rings (SSSR count). The number of imidazole rings is 1. The van der Waals surface area contributed by atoms with E-state index in [4.69, 9.17) is 4.98 Å². The summed E-state index contributed by atoms with van der Waals surface area (Å²) in [6, 6.07) is 12.4. The molecule has 6 nitrogen and oxygen atoms in total. The quantitative estimate of drug-likeness (QED) is 0.507. The van der Waals surface area contributed by atoms with Crippen molar-refractivity contribution in [2.45, 2.75) is 25.7 Å². The Morgan fingerprint density at radius 2 is 2.04 bits per heavy atom. The van der Waals surface area contributed by atoms with Crippen molar-refractivity contribution >= 4 is 29.2 Å². The van der Waals surface area contributed by atoms with Gasteiger partial charge < -0.3 is 5.32 Å². The Balaban J connectivity index is 1.81. The molecule has 7 heteroatoms. The standard InChI is InChI=1S/C19H20N6S/c1-4-26-15-7-5-6-14(9-15)16-10-18-20-13(3)11-25(18)19(21-16)22-17-8-12(2)23-24-17/h5-11H,4H2,1-3H3,(H2,21,22,23,24). The van der Waals surface area contributed by atoms with E-state index in [0.717, 1.165) is 39.9 Å². The van der Waals surface area contributed by atoms with Crippen molar-refractivity contribution in [1.29, 1.82) is 0 Å². The van der Waals surface area contributed by atoms with Crippen LogP contribution in [-0.2, 0) is 0 Å². The third kappa shape index (κ3) is 3.30. The number of aromatic amines is 1. The molecule has 0 aliphatic rings. The fraction of sp³-hybridized carbons (Fsp3) is 0.211. The molecule has 3 aromatic heterocycles. The zero-order valence-corrected chi connectivity index (χ0v) is 15.8.